The van der Waals surface area contributed by atoms with Crippen LogP contribution in [-0.4, -0.2) is 21.1 Å². The Balaban J connectivity index is 2.06. The number of rotatable bonds is 2. The predicted octanol–water partition coefficient (Wildman–Crippen LogP) is 4.63. The zero-order valence-electron chi connectivity index (χ0n) is 19.1. The first-order chi connectivity index (χ1) is 13.3. The van der Waals surface area contributed by atoms with Gasteiger partial charge in [-0.2, -0.15) is 0 Å². The van der Waals surface area contributed by atoms with Crippen molar-refractivity contribution in [1.29, 1.82) is 0 Å². The first-order valence-electron chi connectivity index (χ1n) is 10.6. The van der Waals surface area contributed by atoms with E-state index in [1.165, 1.54) is 43.8 Å². The summed E-state index contributed by atoms with van der Waals surface area (Å²) in [7, 11) is -3.24. The van der Waals surface area contributed by atoms with Crippen molar-refractivity contribution in [2.75, 3.05) is 0 Å². The minimum absolute atomic E-state index is 0.0926. The second-order valence-corrected chi connectivity index (χ2v) is 26.0. The van der Waals surface area contributed by atoms with Gasteiger partial charge in [0.05, 0.1) is 15.2 Å². The van der Waals surface area contributed by atoms with Crippen molar-refractivity contribution in [2.24, 2.45) is 5.73 Å². The Labute approximate surface area is 177 Å². The van der Waals surface area contributed by atoms with Gasteiger partial charge in [-0.1, -0.05) is 82.0 Å². The van der Waals surface area contributed by atoms with E-state index in [1.807, 2.05) is 6.07 Å². The lowest BCUT2D eigenvalue weighted by atomic mass is 9.82. The quantitative estimate of drug-likeness (QED) is 0.709. The fourth-order valence-electron chi connectivity index (χ4n) is 5.18. The minimum atomic E-state index is -1.63. The number of primary amides is 1. The summed E-state index contributed by atoms with van der Waals surface area (Å²) in [6.07, 6.45) is 3.36. The van der Waals surface area contributed by atoms with Crippen LogP contribution in [0.25, 0.3) is 17.2 Å². The van der Waals surface area contributed by atoms with E-state index in [4.69, 9.17) is 5.73 Å². The van der Waals surface area contributed by atoms with Crippen LogP contribution in [0.15, 0.2) is 29.8 Å². The number of hydrogen-bond acceptors (Lipinski definition) is 1. The molecule has 2 aromatic rings. The molecule has 0 spiro atoms. The van der Waals surface area contributed by atoms with Gasteiger partial charge in [0.2, 0.25) is 5.91 Å². The van der Waals surface area contributed by atoms with E-state index in [9.17, 15) is 4.79 Å². The van der Waals surface area contributed by atoms with Gasteiger partial charge in [0.25, 0.3) is 0 Å². The summed E-state index contributed by atoms with van der Waals surface area (Å²) in [5, 5.41) is 2.82. The molecule has 1 aliphatic heterocycles. The van der Waals surface area contributed by atoms with Crippen LogP contribution in [0.2, 0.25) is 26.2 Å². The summed E-state index contributed by atoms with van der Waals surface area (Å²) < 4.78 is 0. The van der Waals surface area contributed by atoms with Gasteiger partial charge in [-0.15, -0.1) is 0 Å². The number of carbonyl (C=O) groups excluding carboxylic acids is 1. The highest BCUT2D eigenvalue weighted by Gasteiger charge is 2.57. The molecule has 2 N–H and O–H groups in total. The van der Waals surface area contributed by atoms with Crippen molar-refractivity contribution in [1.82, 2.24) is 0 Å². The third-order valence-electron chi connectivity index (χ3n) is 7.58. The maximum atomic E-state index is 12.2. The Hall–Kier alpha value is -1.92. The summed E-state index contributed by atoms with van der Waals surface area (Å²) in [6.45, 7) is 18.9. The van der Waals surface area contributed by atoms with E-state index in [-0.39, 0.29) is 11.3 Å². The summed E-state index contributed by atoms with van der Waals surface area (Å²) in [6, 6.07) is 8.98. The number of benzene rings is 2. The number of hydrogen-bond donors (Lipinski definition) is 1. The molecule has 0 bridgehead atoms. The first-order valence-corrected chi connectivity index (χ1v) is 17.6. The smallest absolute Gasteiger partial charge is 0.248 e. The minimum Gasteiger partial charge on any atom is -0.366 e. The van der Waals surface area contributed by atoms with Crippen LogP contribution >= 0.6 is 0 Å². The van der Waals surface area contributed by atoms with Crippen molar-refractivity contribution in [3.63, 3.8) is 0 Å². The number of fused-ring (bicyclic) bond motifs is 2. The molecule has 0 aromatic heterocycles. The van der Waals surface area contributed by atoms with Crippen molar-refractivity contribution in [2.45, 2.75) is 65.7 Å². The van der Waals surface area contributed by atoms with Gasteiger partial charge in [-0.05, 0) is 57.8 Å². The maximum absolute atomic E-state index is 12.2. The fraction of sp³-hybridized carbons (Fsp3) is 0.400. The molecule has 2 aromatic carbocycles. The van der Waals surface area contributed by atoms with Gasteiger partial charge in [-0.3, -0.25) is 4.79 Å². The zero-order valence-corrected chi connectivity index (χ0v) is 21.1. The monoisotopic (exact) mass is 419 g/mol. The van der Waals surface area contributed by atoms with Crippen molar-refractivity contribution in [3.8, 4) is 11.1 Å². The fourth-order valence-corrected chi connectivity index (χ4v) is 16.0. The molecule has 0 unspecified atom stereocenters. The second kappa shape index (κ2) is 6.05. The molecular weight excluding hydrogens is 386 g/mol. The number of amides is 1. The molecule has 1 aliphatic carbocycles. The van der Waals surface area contributed by atoms with Gasteiger partial charge in [0.1, 0.15) is 0 Å². The highest BCUT2D eigenvalue weighted by molar-refractivity contribution is 7.57. The number of carbonyl (C=O) groups is 1. The van der Waals surface area contributed by atoms with E-state index in [2.05, 4.69) is 78.2 Å². The van der Waals surface area contributed by atoms with Crippen LogP contribution in [0.5, 0.6) is 0 Å². The molecule has 4 heteroatoms. The Morgan fingerprint density at radius 3 is 2.17 bits per heavy atom. The molecule has 29 heavy (non-hydrogen) atoms. The van der Waals surface area contributed by atoms with E-state index in [0.29, 0.717) is 0 Å². The third kappa shape index (κ3) is 2.76. The van der Waals surface area contributed by atoms with Gasteiger partial charge < -0.3 is 5.73 Å². The van der Waals surface area contributed by atoms with Crippen molar-refractivity contribution >= 4 is 37.5 Å². The van der Waals surface area contributed by atoms with Crippen molar-refractivity contribution < 1.29 is 4.79 Å². The van der Waals surface area contributed by atoms with E-state index in [0.717, 1.165) is 12.0 Å². The highest BCUT2D eigenvalue weighted by Crippen LogP contribution is 2.40. The Bertz CT molecular complexity index is 1100. The molecular formula is C25H33NOSi2. The summed E-state index contributed by atoms with van der Waals surface area (Å²) in [4.78, 5) is 12.2. The molecule has 0 saturated heterocycles. The van der Waals surface area contributed by atoms with Gasteiger partial charge in [0, 0.05) is 5.56 Å². The molecule has 0 fully saturated rings. The van der Waals surface area contributed by atoms with Crippen LogP contribution in [0, 0.1) is 0 Å². The number of allylic oxidation sites excluding steroid dienone is 1. The summed E-state index contributed by atoms with van der Waals surface area (Å²) >= 11 is 0. The standard InChI is InChI=1S/C25H33NOSi2/c1-15-11-16-13-17(25(2,3)4)14-21(20(16)12-15)18-9-10-19(24(26)27)23-22(18)28(5,6)29(23,7)8/h9-11,13-14H,12H2,1-8H3,(H2,26,27). The van der Waals surface area contributed by atoms with Crippen LogP contribution in [0.4, 0.5) is 0 Å². The summed E-state index contributed by atoms with van der Waals surface area (Å²) in [5.74, 6) is -0.274. The Morgan fingerprint density at radius 2 is 1.59 bits per heavy atom. The normalized spacial score (nSPS) is 18.6. The molecule has 2 aliphatic rings. The van der Waals surface area contributed by atoms with Crippen LogP contribution in [0.3, 0.4) is 0 Å². The van der Waals surface area contributed by atoms with Crippen LogP contribution < -0.4 is 16.1 Å². The average molecular weight is 420 g/mol. The molecule has 4 rings (SSSR count). The predicted molar refractivity (Wildman–Crippen MR) is 131 cm³/mol. The lowest BCUT2D eigenvalue weighted by Gasteiger charge is -2.53. The van der Waals surface area contributed by atoms with Crippen LogP contribution in [-0.2, 0) is 11.8 Å². The molecule has 0 saturated carbocycles. The topological polar surface area (TPSA) is 43.1 Å². The molecule has 1 amide bonds. The zero-order chi connectivity index (χ0) is 21.5. The van der Waals surface area contributed by atoms with Gasteiger partial charge in [0.15, 0.2) is 0 Å². The van der Waals surface area contributed by atoms with E-state index < -0.39 is 15.2 Å². The Morgan fingerprint density at radius 1 is 0.966 bits per heavy atom. The van der Waals surface area contributed by atoms with Crippen LogP contribution in [0.1, 0.15) is 54.7 Å². The molecule has 152 valence electrons. The summed E-state index contributed by atoms with van der Waals surface area (Å²) in [5.41, 5.74) is 15.0. The van der Waals surface area contributed by atoms with Gasteiger partial charge in [-0.25, -0.2) is 0 Å². The van der Waals surface area contributed by atoms with Crippen molar-refractivity contribution in [3.05, 3.63) is 52.1 Å². The number of nitrogens with two attached hydrogens (primary N) is 1. The second-order valence-electron chi connectivity index (χ2n) is 11.0. The molecule has 2 nitrogen and oxygen atoms in total. The SMILES string of the molecule is CC1=Cc2cc(C(C)(C)C)cc(-c3ccc(C(N)=O)c4c3[Si](C)(C)[Si]4(C)C)c2C1. The molecule has 0 radical (unpaired) electrons. The maximum Gasteiger partial charge on any atom is 0.248 e. The average Bonchev–Trinajstić information content (AvgIpc) is 2.98. The third-order valence-corrected chi connectivity index (χ3v) is 25.4. The highest BCUT2D eigenvalue weighted by atomic mass is 29.3. The van der Waals surface area contributed by atoms with Gasteiger partial charge >= 0.3 is 0 Å². The molecule has 0 atom stereocenters. The first kappa shape index (κ1) is 20.4. The lowest BCUT2D eigenvalue weighted by Crippen LogP contribution is -2.86. The lowest BCUT2D eigenvalue weighted by molar-refractivity contribution is 0.100. The van der Waals surface area contributed by atoms with E-state index >= 15 is 0 Å². The van der Waals surface area contributed by atoms with E-state index in [1.54, 1.807) is 0 Å². The molecule has 1 heterocycles. The Kier molecular flexibility index (Phi) is 4.25. The largest absolute Gasteiger partial charge is 0.366 e.